The minimum Gasteiger partial charge on any atom is -0.511 e. The number of Topliss-reactive ketones (excluding diaryl/α,β-unsaturated/α-hetero) is 1. The van der Waals surface area contributed by atoms with E-state index < -0.39 is 23.5 Å². The van der Waals surface area contributed by atoms with E-state index in [2.05, 4.69) is 31.3 Å². The Morgan fingerprint density at radius 2 is 1.86 bits per heavy atom. The van der Waals surface area contributed by atoms with Crippen LogP contribution in [0.3, 0.4) is 0 Å². The minimum atomic E-state index is -0.837. The van der Waals surface area contributed by atoms with E-state index >= 15 is 0 Å². The first-order chi connectivity index (χ1) is 16.5. The van der Waals surface area contributed by atoms with Gasteiger partial charge in [0.2, 0.25) is 0 Å². The summed E-state index contributed by atoms with van der Waals surface area (Å²) in [6, 6.07) is 0. The highest BCUT2D eigenvalue weighted by Crippen LogP contribution is 2.58. The van der Waals surface area contributed by atoms with E-state index in [4.69, 9.17) is 0 Å². The van der Waals surface area contributed by atoms with Crippen molar-refractivity contribution in [3.63, 3.8) is 0 Å². The summed E-state index contributed by atoms with van der Waals surface area (Å²) >= 11 is 0. The number of aliphatic hydroxyl groups is 3. The van der Waals surface area contributed by atoms with Gasteiger partial charge in [-0.3, -0.25) is 9.59 Å². The van der Waals surface area contributed by atoms with Crippen molar-refractivity contribution in [1.82, 2.24) is 5.32 Å². The Hall–Kier alpha value is -2.18. The molecular formula is C29H43NO5. The standard InChI is InChI=1S/C29H43NO5/c1-6-23(32)18(3)9-7-8-10-22(31)15-21-12-11-20-14-17(2)13-19(4)26(20)29(21,5)27(34)25-24(33)16-30-28(25)35/h7-12,17-23,26,31-32,34H,6,13-16H2,1-5H3,(H,30,35)/b9-7+,10-8+,27-25+. The number of ketones is 1. The van der Waals surface area contributed by atoms with Gasteiger partial charge in [-0.25, -0.2) is 0 Å². The van der Waals surface area contributed by atoms with Crippen LogP contribution in [-0.4, -0.2) is 45.8 Å². The molecule has 2 fully saturated rings. The van der Waals surface area contributed by atoms with Gasteiger partial charge >= 0.3 is 0 Å². The van der Waals surface area contributed by atoms with Gasteiger partial charge in [0.25, 0.3) is 5.91 Å². The molecule has 3 rings (SSSR count). The fourth-order valence-electron chi connectivity index (χ4n) is 6.77. The fourth-order valence-corrected chi connectivity index (χ4v) is 6.77. The molecule has 1 heterocycles. The van der Waals surface area contributed by atoms with E-state index in [0.29, 0.717) is 24.7 Å². The first-order valence-electron chi connectivity index (χ1n) is 13.1. The van der Waals surface area contributed by atoms with Crippen LogP contribution in [0.2, 0.25) is 0 Å². The maximum absolute atomic E-state index is 12.5. The van der Waals surface area contributed by atoms with Crippen molar-refractivity contribution in [3.05, 3.63) is 47.8 Å². The van der Waals surface area contributed by atoms with Gasteiger partial charge in [-0.05, 0) is 55.3 Å². The lowest BCUT2D eigenvalue weighted by atomic mass is 9.50. The summed E-state index contributed by atoms with van der Waals surface area (Å²) in [5.41, 5.74) is -0.954. The summed E-state index contributed by atoms with van der Waals surface area (Å²) in [6.07, 6.45) is 13.5. The van der Waals surface area contributed by atoms with Crippen molar-refractivity contribution in [2.45, 2.75) is 72.5 Å². The summed E-state index contributed by atoms with van der Waals surface area (Å²) in [5, 5.41) is 34.9. The molecule has 0 bridgehead atoms. The topological polar surface area (TPSA) is 107 Å². The van der Waals surface area contributed by atoms with Crippen LogP contribution in [0.4, 0.5) is 0 Å². The van der Waals surface area contributed by atoms with Crippen molar-refractivity contribution in [2.24, 2.45) is 40.9 Å². The average Bonchev–Trinajstić information content (AvgIpc) is 3.14. The largest absolute Gasteiger partial charge is 0.511 e. The SMILES string of the molecule is CCC(O)C(C)/C=C/C=C/C(O)CC1C=CC2CC(C)CC(C)C2C1(C)/C(O)=C1/C(=O)CNC1=O. The van der Waals surface area contributed by atoms with Crippen LogP contribution >= 0.6 is 0 Å². The van der Waals surface area contributed by atoms with E-state index in [1.807, 2.05) is 32.9 Å². The summed E-state index contributed by atoms with van der Waals surface area (Å²) in [6.45, 7) is 10.2. The molecule has 0 aromatic rings. The average molecular weight is 486 g/mol. The van der Waals surface area contributed by atoms with E-state index in [9.17, 15) is 24.9 Å². The molecule has 1 aliphatic heterocycles. The van der Waals surface area contributed by atoms with Crippen LogP contribution in [0.25, 0.3) is 0 Å². The molecule has 0 aromatic heterocycles. The van der Waals surface area contributed by atoms with Gasteiger partial charge in [-0.15, -0.1) is 0 Å². The monoisotopic (exact) mass is 485 g/mol. The number of fused-ring (bicyclic) bond motifs is 1. The Bertz CT molecular complexity index is 900. The Morgan fingerprint density at radius 3 is 2.49 bits per heavy atom. The predicted molar refractivity (Wildman–Crippen MR) is 137 cm³/mol. The molecule has 0 aromatic carbocycles. The number of nitrogens with one attached hydrogen (secondary N) is 1. The molecule has 194 valence electrons. The zero-order chi connectivity index (χ0) is 25.9. The first-order valence-corrected chi connectivity index (χ1v) is 13.1. The molecule has 35 heavy (non-hydrogen) atoms. The van der Waals surface area contributed by atoms with Crippen molar-refractivity contribution < 1.29 is 24.9 Å². The quantitative estimate of drug-likeness (QED) is 0.135. The number of aliphatic hydroxyl groups excluding tert-OH is 3. The summed E-state index contributed by atoms with van der Waals surface area (Å²) in [7, 11) is 0. The van der Waals surface area contributed by atoms with E-state index in [1.54, 1.807) is 12.2 Å². The van der Waals surface area contributed by atoms with Crippen LogP contribution in [0.1, 0.15) is 60.3 Å². The molecule has 9 unspecified atom stereocenters. The molecule has 2 aliphatic carbocycles. The van der Waals surface area contributed by atoms with Crippen LogP contribution < -0.4 is 5.32 Å². The highest BCUT2D eigenvalue weighted by atomic mass is 16.3. The van der Waals surface area contributed by atoms with Gasteiger partial charge < -0.3 is 20.6 Å². The minimum absolute atomic E-state index is 0.0251. The molecule has 9 atom stereocenters. The zero-order valence-corrected chi connectivity index (χ0v) is 21.8. The number of allylic oxidation sites excluding steroid dienone is 5. The highest BCUT2D eigenvalue weighted by molar-refractivity contribution is 6.25. The highest BCUT2D eigenvalue weighted by Gasteiger charge is 2.54. The van der Waals surface area contributed by atoms with Crippen LogP contribution in [-0.2, 0) is 9.59 Å². The number of carbonyl (C=O) groups excluding carboxylic acids is 2. The molecule has 6 nitrogen and oxygen atoms in total. The lowest BCUT2D eigenvalue weighted by molar-refractivity contribution is -0.118. The molecule has 1 saturated heterocycles. The van der Waals surface area contributed by atoms with Crippen molar-refractivity contribution in [1.29, 1.82) is 0 Å². The van der Waals surface area contributed by atoms with Gasteiger partial charge in [0.05, 0.1) is 18.8 Å². The predicted octanol–water partition coefficient (Wildman–Crippen LogP) is 4.26. The number of hydrogen-bond acceptors (Lipinski definition) is 5. The third-order valence-corrected chi connectivity index (χ3v) is 8.62. The van der Waals surface area contributed by atoms with E-state index in [1.165, 1.54) is 0 Å². The summed E-state index contributed by atoms with van der Waals surface area (Å²) in [4.78, 5) is 25.0. The Balaban J connectivity index is 1.90. The second-order valence-electron chi connectivity index (χ2n) is 11.3. The summed E-state index contributed by atoms with van der Waals surface area (Å²) < 4.78 is 0. The van der Waals surface area contributed by atoms with Crippen LogP contribution in [0.5, 0.6) is 0 Å². The fraction of sp³-hybridized carbons (Fsp3) is 0.655. The van der Waals surface area contributed by atoms with Crippen molar-refractivity contribution in [3.8, 4) is 0 Å². The third kappa shape index (κ3) is 5.64. The molecule has 1 saturated carbocycles. The van der Waals surface area contributed by atoms with E-state index in [-0.39, 0.29) is 47.3 Å². The second kappa shape index (κ2) is 11.3. The van der Waals surface area contributed by atoms with E-state index in [0.717, 1.165) is 12.8 Å². The van der Waals surface area contributed by atoms with Gasteiger partial charge in [0.1, 0.15) is 11.3 Å². The maximum Gasteiger partial charge on any atom is 0.258 e. The molecule has 1 amide bonds. The van der Waals surface area contributed by atoms with Gasteiger partial charge in [-0.2, -0.15) is 0 Å². The normalized spacial score (nSPS) is 37.4. The van der Waals surface area contributed by atoms with Gasteiger partial charge in [0, 0.05) is 11.3 Å². The molecule has 3 aliphatic rings. The Morgan fingerprint density at radius 1 is 1.17 bits per heavy atom. The zero-order valence-electron chi connectivity index (χ0n) is 21.8. The molecule has 0 spiro atoms. The lowest BCUT2D eigenvalue weighted by Gasteiger charge is -2.54. The molecule has 4 N–H and O–H groups in total. The Labute approximate surface area is 209 Å². The third-order valence-electron chi connectivity index (χ3n) is 8.62. The van der Waals surface area contributed by atoms with Gasteiger partial charge in [0.15, 0.2) is 5.78 Å². The number of hydrogen-bond donors (Lipinski definition) is 4. The van der Waals surface area contributed by atoms with Crippen LogP contribution in [0.15, 0.2) is 47.8 Å². The lowest BCUT2D eigenvalue weighted by Crippen LogP contribution is -2.49. The van der Waals surface area contributed by atoms with Crippen molar-refractivity contribution >= 4 is 11.7 Å². The van der Waals surface area contributed by atoms with Gasteiger partial charge in [-0.1, -0.05) is 71.1 Å². The molecule has 6 heteroatoms. The number of rotatable bonds is 8. The molecular weight excluding hydrogens is 442 g/mol. The first kappa shape index (κ1) is 27.4. The van der Waals surface area contributed by atoms with Crippen molar-refractivity contribution in [2.75, 3.05) is 6.54 Å². The Kier molecular flexibility index (Phi) is 8.81. The number of amides is 1. The number of carbonyl (C=O) groups is 2. The maximum atomic E-state index is 12.5. The smallest absolute Gasteiger partial charge is 0.258 e. The molecule has 0 radical (unpaired) electrons. The van der Waals surface area contributed by atoms with Crippen LogP contribution in [0, 0.1) is 40.9 Å². The summed E-state index contributed by atoms with van der Waals surface area (Å²) in [5.74, 6) is -0.0397. The second-order valence-corrected chi connectivity index (χ2v) is 11.3.